The average molecular weight is 325 g/mol. The summed E-state index contributed by atoms with van der Waals surface area (Å²) in [6.45, 7) is 7.24. The monoisotopic (exact) mass is 324 g/mol. The molecular weight excluding hydrogens is 296 g/mol. The van der Waals surface area contributed by atoms with Crippen LogP contribution in [-0.2, 0) is 11.2 Å². The van der Waals surface area contributed by atoms with Gasteiger partial charge in [-0.25, -0.2) is 0 Å². The molecule has 0 aliphatic carbocycles. The predicted octanol–water partition coefficient (Wildman–Crippen LogP) is 3.10. The van der Waals surface area contributed by atoms with E-state index in [1.165, 1.54) is 24.0 Å². The normalized spacial score (nSPS) is 19.1. The van der Waals surface area contributed by atoms with Crippen molar-refractivity contribution >= 4 is 18.3 Å². The van der Waals surface area contributed by atoms with E-state index in [-0.39, 0.29) is 18.3 Å². The molecule has 1 amide bonds. The van der Waals surface area contributed by atoms with Gasteiger partial charge >= 0.3 is 0 Å². The zero-order valence-electron chi connectivity index (χ0n) is 13.7. The Bertz CT molecular complexity index is 458. The topological polar surface area (TPSA) is 41.1 Å². The largest absolute Gasteiger partial charge is 0.356 e. The minimum Gasteiger partial charge on any atom is -0.356 e. The Labute approximate surface area is 140 Å². The van der Waals surface area contributed by atoms with Crippen molar-refractivity contribution in [2.24, 2.45) is 11.8 Å². The van der Waals surface area contributed by atoms with Gasteiger partial charge in [0, 0.05) is 13.0 Å². The van der Waals surface area contributed by atoms with Crippen LogP contribution in [0.5, 0.6) is 0 Å². The maximum atomic E-state index is 12.0. The number of amides is 1. The molecule has 1 aromatic rings. The molecule has 0 spiro atoms. The number of halogens is 1. The number of benzene rings is 1. The Morgan fingerprint density at radius 1 is 1.45 bits per heavy atom. The second kappa shape index (κ2) is 9.86. The summed E-state index contributed by atoms with van der Waals surface area (Å²) in [5.74, 6) is 1.32. The molecule has 4 heteroatoms. The van der Waals surface area contributed by atoms with Crippen LogP contribution in [0.1, 0.15) is 37.3 Å². The summed E-state index contributed by atoms with van der Waals surface area (Å²) in [5.41, 5.74) is 2.57. The lowest BCUT2D eigenvalue weighted by molar-refractivity contribution is -0.122. The highest BCUT2D eigenvalue weighted by molar-refractivity contribution is 5.85. The zero-order chi connectivity index (χ0) is 15.1. The molecule has 0 saturated carbocycles. The van der Waals surface area contributed by atoms with Gasteiger partial charge < -0.3 is 10.6 Å². The Balaban J connectivity index is 0.00000242. The molecule has 3 nitrogen and oxygen atoms in total. The first kappa shape index (κ1) is 19.0. The summed E-state index contributed by atoms with van der Waals surface area (Å²) >= 11 is 0. The molecule has 2 N–H and O–H groups in total. The SMILES string of the molecule is Cc1cccc(CCNC(=O)CC(C)C2CCCNC2)c1.Cl. The third-order valence-corrected chi connectivity index (χ3v) is 4.47. The fourth-order valence-electron chi connectivity index (χ4n) is 3.11. The number of piperidine rings is 1. The van der Waals surface area contributed by atoms with Gasteiger partial charge in [0.1, 0.15) is 0 Å². The van der Waals surface area contributed by atoms with Gasteiger partial charge in [-0.15, -0.1) is 12.4 Å². The maximum Gasteiger partial charge on any atom is 0.220 e. The third kappa shape index (κ3) is 6.37. The van der Waals surface area contributed by atoms with E-state index >= 15 is 0 Å². The summed E-state index contributed by atoms with van der Waals surface area (Å²) < 4.78 is 0. The molecular formula is C18H29ClN2O. The predicted molar refractivity (Wildman–Crippen MR) is 94.5 cm³/mol. The first-order valence-corrected chi connectivity index (χ1v) is 8.18. The fraction of sp³-hybridized carbons (Fsp3) is 0.611. The Hall–Kier alpha value is -1.06. The van der Waals surface area contributed by atoms with Crippen molar-refractivity contribution in [3.63, 3.8) is 0 Å². The Morgan fingerprint density at radius 3 is 2.95 bits per heavy atom. The summed E-state index contributed by atoms with van der Waals surface area (Å²) in [7, 11) is 0. The highest BCUT2D eigenvalue weighted by atomic mass is 35.5. The van der Waals surface area contributed by atoms with Crippen LogP contribution in [0.4, 0.5) is 0 Å². The van der Waals surface area contributed by atoms with E-state index in [0.717, 1.165) is 26.1 Å². The molecule has 1 aliphatic heterocycles. The summed E-state index contributed by atoms with van der Waals surface area (Å²) in [6.07, 6.45) is 4.06. The van der Waals surface area contributed by atoms with Crippen LogP contribution in [0, 0.1) is 18.8 Å². The molecule has 124 valence electrons. The number of rotatable bonds is 6. The number of nitrogens with one attached hydrogen (secondary N) is 2. The van der Waals surface area contributed by atoms with Crippen molar-refractivity contribution in [3.8, 4) is 0 Å². The molecule has 0 aromatic heterocycles. The number of carbonyl (C=O) groups is 1. The molecule has 1 fully saturated rings. The van der Waals surface area contributed by atoms with Crippen LogP contribution >= 0.6 is 12.4 Å². The lowest BCUT2D eigenvalue weighted by Gasteiger charge is -2.28. The molecule has 1 saturated heterocycles. The molecule has 2 unspecified atom stereocenters. The van der Waals surface area contributed by atoms with Crippen LogP contribution in [0.15, 0.2) is 24.3 Å². The van der Waals surface area contributed by atoms with Gasteiger partial charge in [0.05, 0.1) is 0 Å². The van der Waals surface area contributed by atoms with Crippen LogP contribution < -0.4 is 10.6 Å². The first-order valence-electron chi connectivity index (χ1n) is 8.18. The van der Waals surface area contributed by atoms with Gasteiger partial charge in [-0.1, -0.05) is 36.8 Å². The molecule has 2 atom stereocenters. The summed E-state index contributed by atoms with van der Waals surface area (Å²) in [6, 6.07) is 8.48. The van der Waals surface area contributed by atoms with Crippen LogP contribution in [0.2, 0.25) is 0 Å². The van der Waals surface area contributed by atoms with E-state index in [2.05, 4.69) is 48.7 Å². The van der Waals surface area contributed by atoms with Crippen molar-refractivity contribution in [2.45, 2.75) is 39.5 Å². The van der Waals surface area contributed by atoms with E-state index in [4.69, 9.17) is 0 Å². The van der Waals surface area contributed by atoms with Gasteiger partial charge in [0.15, 0.2) is 0 Å². The lowest BCUT2D eigenvalue weighted by Crippen LogP contribution is -2.36. The fourth-order valence-corrected chi connectivity index (χ4v) is 3.11. The lowest BCUT2D eigenvalue weighted by atomic mass is 9.85. The van der Waals surface area contributed by atoms with Gasteiger partial charge in [-0.2, -0.15) is 0 Å². The third-order valence-electron chi connectivity index (χ3n) is 4.47. The van der Waals surface area contributed by atoms with E-state index in [1.54, 1.807) is 0 Å². The number of aryl methyl sites for hydroxylation is 1. The second-order valence-electron chi connectivity index (χ2n) is 6.38. The van der Waals surface area contributed by atoms with E-state index in [0.29, 0.717) is 18.3 Å². The molecule has 0 bridgehead atoms. The van der Waals surface area contributed by atoms with E-state index in [9.17, 15) is 4.79 Å². The summed E-state index contributed by atoms with van der Waals surface area (Å²) in [4.78, 5) is 12.0. The van der Waals surface area contributed by atoms with Crippen molar-refractivity contribution in [1.82, 2.24) is 10.6 Å². The smallest absolute Gasteiger partial charge is 0.220 e. The highest BCUT2D eigenvalue weighted by Crippen LogP contribution is 2.22. The Kier molecular flexibility index (Phi) is 8.51. The molecule has 1 aliphatic rings. The number of carbonyl (C=O) groups excluding carboxylic acids is 1. The van der Waals surface area contributed by atoms with E-state index in [1.807, 2.05) is 0 Å². The van der Waals surface area contributed by atoms with Crippen molar-refractivity contribution in [3.05, 3.63) is 35.4 Å². The minimum atomic E-state index is 0. The van der Waals surface area contributed by atoms with Gasteiger partial charge in [0.25, 0.3) is 0 Å². The maximum absolute atomic E-state index is 12.0. The molecule has 1 heterocycles. The number of hydrogen-bond donors (Lipinski definition) is 2. The van der Waals surface area contributed by atoms with Gasteiger partial charge in [-0.05, 0) is 56.7 Å². The van der Waals surface area contributed by atoms with Crippen LogP contribution in [0.25, 0.3) is 0 Å². The minimum absolute atomic E-state index is 0. The second-order valence-corrected chi connectivity index (χ2v) is 6.38. The molecule has 0 radical (unpaired) electrons. The molecule has 22 heavy (non-hydrogen) atoms. The highest BCUT2D eigenvalue weighted by Gasteiger charge is 2.21. The van der Waals surface area contributed by atoms with E-state index < -0.39 is 0 Å². The zero-order valence-corrected chi connectivity index (χ0v) is 14.5. The van der Waals surface area contributed by atoms with Gasteiger partial charge in [-0.3, -0.25) is 4.79 Å². The van der Waals surface area contributed by atoms with Crippen LogP contribution in [-0.4, -0.2) is 25.5 Å². The molecule has 1 aromatic carbocycles. The standard InChI is InChI=1S/C18H28N2O.ClH/c1-14-5-3-6-16(11-14)8-10-20-18(21)12-15(2)17-7-4-9-19-13-17;/h3,5-6,11,15,17,19H,4,7-10,12-13H2,1-2H3,(H,20,21);1H. The summed E-state index contributed by atoms with van der Waals surface area (Å²) in [5, 5.41) is 6.49. The first-order chi connectivity index (χ1) is 10.1. The average Bonchev–Trinajstić information content (AvgIpc) is 2.48. The van der Waals surface area contributed by atoms with Gasteiger partial charge in [0.2, 0.25) is 5.91 Å². The van der Waals surface area contributed by atoms with Crippen molar-refractivity contribution < 1.29 is 4.79 Å². The van der Waals surface area contributed by atoms with Crippen LogP contribution in [0.3, 0.4) is 0 Å². The Morgan fingerprint density at radius 2 is 2.27 bits per heavy atom. The number of hydrogen-bond acceptors (Lipinski definition) is 2. The van der Waals surface area contributed by atoms with Crippen molar-refractivity contribution in [1.29, 1.82) is 0 Å². The van der Waals surface area contributed by atoms with Crippen molar-refractivity contribution in [2.75, 3.05) is 19.6 Å². The molecule has 2 rings (SSSR count). The quantitative estimate of drug-likeness (QED) is 0.844.